The third kappa shape index (κ3) is 4.49. The summed E-state index contributed by atoms with van der Waals surface area (Å²) in [6.07, 6.45) is 0.388. The first-order valence-electron chi connectivity index (χ1n) is 7.57. The van der Waals surface area contributed by atoms with Gasteiger partial charge in [-0.2, -0.15) is 0 Å². The van der Waals surface area contributed by atoms with Crippen molar-refractivity contribution in [3.63, 3.8) is 0 Å². The van der Waals surface area contributed by atoms with E-state index in [1.807, 2.05) is 44.2 Å². The summed E-state index contributed by atoms with van der Waals surface area (Å²) in [6.45, 7) is 4.54. The number of amides is 1. The van der Waals surface area contributed by atoms with E-state index in [0.29, 0.717) is 24.5 Å². The molecular weight excluding hydrogens is 290 g/mol. The zero-order chi connectivity index (χ0) is 16.8. The molecule has 4 nitrogen and oxygen atoms in total. The molecule has 23 heavy (non-hydrogen) atoms. The fraction of sp³-hybridized carbons (Fsp3) is 0.316. The van der Waals surface area contributed by atoms with Gasteiger partial charge in [-0.15, -0.1) is 0 Å². The number of hydrogen-bond acceptors (Lipinski definition) is 3. The molecule has 0 saturated carbocycles. The van der Waals surface area contributed by atoms with Crippen LogP contribution in [0.15, 0.2) is 36.4 Å². The molecular formula is C19H23NO3. The van der Waals surface area contributed by atoms with Crippen LogP contribution in [0, 0.1) is 13.8 Å². The van der Waals surface area contributed by atoms with Crippen molar-refractivity contribution >= 4 is 5.91 Å². The number of ether oxygens (including phenoxy) is 2. The number of carbonyl (C=O) groups excluding carboxylic acids is 1. The molecule has 0 heterocycles. The summed E-state index contributed by atoms with van der Waals surface area (Å²) in [5.74, 6) is 1.35. The van der Waals surface area contributed by atoms with E-state index in [9.17, 15) is 4.79 Å². The maximum atomic E-state index is 12.1. The molecule has 2 aromatic rings. The van der Waals surface area contributed by atoms with Gasteiger partial charge in [0.15, 0.2) is 11.5 Å². The average Bonchev–Trinajstić information content (AvgIpc) is 2.55. The quantitative estimate of drug-likeness (QED) is 0.891. The van der Waals surface area contributed by atoms with Crippen LogP contribution in [0.5, 0.6) is 11.5 Å². The molecule has 2 rings (SSSR count). The Hall–Kier alpha value is -2.49. The van der Waals surface area contributed by atoms with Crippen LogP contribution in [-0.4, -0.2) is 20.1 Å². The minimum absolute atomic E-state index is 0.00624. The first kappa shape index (κ1) is 16.9. The van der Waals surface area contributed by atoms with Crippen LogP contribution in [0.4, 0.5) is 0 Å². The first-order chi connectivity index (χ1) is 11.0. The molecule has 0 aliphatic heterocycles. The highest BCUT2D eigenvalue weighted by Gasteiger charge is 2.08. The first-order valence-corrected chi connectivity index (χ1v) is 7.57. The Morgan fingerprint density at radius 1 is 1.00 bits per heavy atom. The van der Waals surface area contributed by atoms with Crippen molar-refractivity contribution in [2.75, 3.05) is 14.2 Å². The fourth-order valence-corrected chi connectivity index (χ4v) is 2.47. The maximum Gasteiger partial charge on any atom is 0.224 e. The standard InChI is InChI=1S/C19H23NO3/c1-13-5-7-16(14(2)9-13)11-19(21)20-12-15-6-8-17(22-3)18(10-15)23-4/h5-10H,11-12H2,1-4H3,(H,20,21). The van der Waals surface area contributed by atoms with E-state index in [0.717, 1.165) is 16.7 Å². The molecule has 122 valence electrons. The lowest BCUT2D eigenvalue weighted by Crippen LogP contribution is -2.24. The average molecular weight is 313 g/mol. The molecule has 0 bridgehead atoms. The number of rotatable bonds is 6. The molecule has 2 aromatic carbocycles. The lowest BCUT2D eigenvalue weighted by Gasteiger charge is -2.11. The Morgan fingerprint density at radius 3 is 2.39 bits per heavy atom. The van der Waals surface area contributed by atoms with Crippen LogP contribution in [0.3, 0.4) is 0 Å². The number of carbonyl (C=O) groups is 1. The van der Waals surface area contributed by atoms with Gasteiger partial charge in [-0.25, -0.2) is 0 Å². The molecule has 1 amide bonds. The molecule has 0 atom stereocenters. The van der Waals surface area contributed by atoms with Crippen molar-refractivity contribution in [1.29, 1.82) is 0 Å². The predicted molar refractivity (Wildman–Crippen MR) is 91.0 cm³/mol. The van der Waals surface area contributed by atoms with Gasteiger partial charge in [-0.1, -0.05) is 29.8 Å². The molecule has 0 aliphatic rings. The molecule has 4 heteroatoms. The van der Waals surface area contributed by atoms with Crippen molar-refractivity contribution in [3.05, 3.63) is 58.7 Å². The third-order valence-corrected chi connectivity index (χ3v) is 3.79. The molecule has 0 radical (unpaired) electrons. The zero-order valence-electron chi connectivity index (χ0n) is 14.1. The van der Waals surface area contributed by atoms with Crippen LogP contribution in [-0.2, 0) is 17.8 Å². The highest BCUT2D eigenvalue weighted by molar-refractivity contribution is 5.79. The van der Waals surface area contributed by atoms with E-state index < -0.39 is 0 Å². The summed E-state index contributed by atoms with van der Waals surface area (Å²) in [4.78, 5) is 12.1. The summed E-state index contributed by atoms with van der Waals surface area (Å²) in [7, 11) is 3.20. The SMILES string of the molecule is COc1ccc(CNC(=O)Cc2ccc(C)cc2C)cc1OC. The van der Waals surface area contributed by atoms with Crippen molar-refractivity contribution < 1.29 is 14.3 Å². The van der Waals surface area contributed by atoms with E-state index in [1.165, 1.54) is 5.56 Å². The van der Waals surface area contributed by atoms with E-state index in [1.54, 1.807) is 14.2 Å². The van der Waals surface area contributed by atoms with Gasteiger partial charge in [0.1, 0.15) is 0 Å². The van der Waals surface area contributed by atoms with Gasteiger partial charge in [0.2, 0.25) is 5.91 Å². The molecule has 1 N–H and O–H groups in total. The Balaban J connectivity index is 1.96. The largest absolute Gasteiger partial charge is 0.493 e. The Kier molecular flexibility index (Phi) is 5.63. The zero-order valence-corrected chi connectivity index (χ0v) is 14.1. The van der Waals surface area contributed by atoms with Crippen molar-refractivity contribution in [1.82, 2.24) is 5.32 Å². The third-order valence-electron chi connectivity index (χ3n) is 3.79. The second-order valence-corrected chi connectivity index (χ2v) is 5.57. The highest BCUT2D eigenvalue weighted by atomic mass is 16.5. The van der Waals surface area contributed by atoms with Crippen LogP contribution in [0.25, 0.3) is 0 Å². The summed E-state index contributed by atoms with van der Waals surface area (Å²) < 4.78 is 10.5. The number of aryl methyl sites for hydroxylation is 2. The predicted octanol–water partition coefficient (Wildman–Crippen LogP) is 3.18. The van der Waals surface area contributed by atoms with Gasteiger partial charge in [0.05, 0.1) is 20.6 Å². The van der Waals surface area contributed by atoms with Gasteiger partial charge in [0, 0.05) is 6.54 Å². The Labute approximate surface area is 137 Å². The van der Waals surface area contributed by atoms with E-state index in [4.69, 9.17) is 9.47 Å². The number of hydrogen-bond donors (Lipinski definition) is 1. The van der Waals surface area contributed by atoms with Gasteiger partial charge >= 0.3 is 0 Å². The lowest BCUT2D eigenvalue weighted by molar-refractivity contribution is -0.120. The second kappa shape index (κ2) is 7.68. The molecule has 0 spiro atoms. The number of methoxy groups -OCH3 is 2. The molecule has 0 unspecified atom stereocenters. The van der Waals surface area contributed by atoms with Crippen molar-refractivity contribution in [2.24, 2.45) is 0 Å². The Bertz CT molecular complexity index is 695. The molecule has 0 aliphatic carbocycles. The van der Waals surface area contributed by atoms with E-state index in [2.05, 4.69) is 11.4 Å². The van der Waals surface area contributed by atoms with Gasteiger partial charge in [-0.05, 0) is 42.7 Å². The van der Waals surface area contributed by atoms with Crippen LogP contribution in [0.2, 0.25) is 0 Å². The van der Waals surface area contributed by atoms with Gasteiger partial charge in [-0.3, -0.25) is 4.79 Å². The minimum Gasteiger partial charge on any atom is -0.493 e. The minimum atomic E-state index is 0.00624. The van der Waals surface area contributed by atoms with Crippen LogP contribution < -0.4 is 14.8 Å². The summed E-state index contributed by atoms with van der Waals surface area (Å²) in [6, 6.07) is 11.8. The summed E-state index contributed by atoms with van der Waals surface area (Å²) in [5, 5.41) is 2.94. The highest BCUT2D eigenvalue weighted by Crippen LogP contribution is 2.27. The van der Waals surface area contributed by atoms with Crippen LogP contribution in [0.1, 0.15) is 22.3 Å². The normalized spacial score (nSPS) is 10.3. The smallest absolute Gasteiger partial charge is 0.224 e. The van der Waals surface area contributed by atoms with E-state index >= 15 is 0 Å². The summed E-state index contributed by atoms with van der Waals surface area (Å²) >= 11 is 0. The molecule has 0 fully saturated rings. The fourth-order valence-electron chi connectivity index (χ4n) is 2.47. The second-order valence-electron chi connectivity index (χ2n) is 5.57. The van der Waals surface area contributed by atoms with Gasteiger partial charge < -0.3 is 14.8 Å². The molecule has 0 aromatic heterocycles. The van der Waals surface area contributed by atoms with Crippen LogP contribution >= 0.6 is 0 Å². The molecule has 0 saturated heterocycles. The number of benzene rings is 2. The lowest BCUT2D eigenvalue weighted by atomic mass is 10.0. The topological polar surface area (TPSA) is 47.6 Å². The van der Waals surface area contributed by atoms with Crippen molar-refractivity contribution in [3.8, 4) is 11.5 Å². The van der Waals surface area contributed by atoms with Crippen molar-refractivity contribution in [2.45, 2.75) is 26.8 Å². The maximum absolute atomic E-state index is 12.1. The van der Waals surface area contributed by atoms with E-state index in [-0.39, 0.29) is 5.91 Å². The Morgan fingerprint density at radius 2 is 1.74 bits per heavy atom. The van der Waals surface area contributed by atoms with Gasteiger partial charge in [0.25, 0.3) is 0 Å². The summed E-state index contributed by atoms with van der Waals surface area (Å²) in [5.41, 5.74) is 4.38. The number of nitrogens with one attached hydrogen (secondary N) is 1. The monoisotopic (exact) mass is 313 g/mol.